The molecule has 3 N–H and O–H groups in total. The zero-order chi connectivity index (χ0) is 32.6. The third kappa shape index (κ3) is 7.85. The van der Waals surface area contributed by atoms with Gasteiger partial charge in [-0.05, 0) is 53.4 Å². The fourth-order valence-electron chi connectivity index (χ4n) is 4.92. The van der Waals surface area contributed by atoms with E-state index < -0.39 is 24.4 Å². The highest BCUT2D eigenvalue weighted by Gasteiger charge is 2.22. The van der Waals surface area contributed by atoms with E-state index in [1.807, 2.05) is 49.4 Å². The lowest BCUT2D eigenvalue weighted by molar-refractivity contribution is -0.146. The quantitative estimate of drug-likeness (QED) is 0.168. The van der Waals surface area contributed by atoms with Crippen LogP contribution in [0.2, 0.25) is 5.02 Å². The summed E-state index contributed by atoms with van der Waals surface area (Å²) in [5, 5.41) is 30.8. The van der Waals surface area contributed by atoms with E-state index in [1.165, 1.54) is 6.20 Å². The molecule has 1 aliphatic rings. The van der Waals surface area contributed by atoms with E-state index in [0.29, 0.717) is 52.9 Å². The minimum absolute atomic E-state index is 0.0464. The maximum Gasteiger partial charge on any atom is 0.321 e. The van der Waals surface area contributed by atoms with Crippen LogP contribution in [-0.2, 0) is 29.3 Å². The van der Waals surface area contributed by atoms with E-state index >= 15 is 0 Å². The summed E-state index contributed by atoms with van der Waals surface area (Å²) < 4.78 is 23.7. The lowest BCUT2D eigenvalue weighted by atomic mass is 9.96. The summed E-state index contributed by atoms with van der Waals surface area (Å²) >= 11 is 6.63. The SMILES string of the molecule is Cc1c(COc2cc(OCc3cncc(C#N)c3)c(CN[C@@H](CC(=O)O)C(=O)O)cc2Cl)cccc1-c1ccc2c(c1)OCCO2. The number of ether oxygens (including phenoxy) is 4. The molecule has 236 valence electrons. The van der Waals surface area contributed by atoms with Gasteiger partial charge in [0, 0.05) is 36.1 Å². The first-order chi connectivity index (χ1) is 22.2. The number of carboxylic acid groups (broad SMARTS) is 2. The average molecular weight is 644 g/mol. The molecule has 5 rings (SSSR count). The number of aliphatic carboxylic acids is 2. The number of hydrogen-bond acceptors (Lipinski definition) is 9. The molecule has 12 heteroatoms. The molecule has 0 spiro atoms. The van der Waals surface area contributed by atoms with Crippen LogP contribution in [0.5, 0.6) is 23.0 Å². The Morgan fingerprint density at radius 2 is 1.78 bits per heavy atom. The predicted octanol–water partition coefficient (Wildman–Crippen LogP) is 5.53. The topological polar surface area (TPSA) is 160 Å². The zero-order valence-corrected chi connectivity index (χ0v) is 25.5. The molecule has 0 radical (unpaired) electrons. The molecule has 0 aliphatic carbocycles. The molecule has 0 saturated carbocycles. The lowest BCUT2D eigenvalue weighted by Crippen LogP contribution is -2.38. The number of halogens is 1. The Bertz CT molecular complexity index is 1810. The summed E-state index contributed by atoms with van der Waals surface area (Å²) in [6.45, 7) is 3.21. The molecule has 1 aliphatic heterocycles. The Balaban J connectivity index is 1.38. The summed E-state index contributed by atoms with van der Waals surface area (Å²) in [5.41, 5.74) is 5.41. The van der Waals surface area contributed by atoms with Gasteiger partial charge in [0.1, 0.15) is 50.0 Å². The number of aromatic nitrogens is 1. The number of nitrogens with zero attached hydrogens (tertiary/aromatic N) is 2. The van der Waals surface area contributed by atoms with Crippen molar-refractivity contribution < 1.29 is 38.7 Å². The van der Waals surface area contributed by atoms with Crippen LogP contribution >= 0.6 is 11.6 Å². The van der Waals surface area contributed by atoms with Crippen molar-refractivity contribution in [3.63, 3.8) is 0 Å². The van der Waals surface area contributed by atoms with E-state index in [2.05, 4.69) is 10.3 Å². The van der Waals surface area contributed by atoms with E-state index in [0.717, 1.165) is 22.3 Å². The standard InChI is InChI=1S/C34H30ClN3O8/c1-20-24(3-2-4-26(20)23-5-6-29-32(11-23)44-8-7-43-29)19-46-31-13-30(45-18-22-9-21(14-36)15-37-16-22)25(10-27(31)35)17-38-28(34(41)42)12-33(39)40/h2-6,9-11,13,15-16,28,38H,7-8,12,17-19H2,1H3,(H,39,40)(H,41,42)/t28-/m0/s1. The summed E-state index contributed by atoms with van der Waals surface area (Å²) in [4.78, 5) is 26.8. The minimum atomic E-state index is -1.33. The molecule has 1 atom stereocenters. The number of fused-ring (bicyclic) bond motifs is 1. The first kappa shape index (κ1) is 32.1. The lowest BCUT2D eigenvalue weighted by Gasteiger charge is -2.20. The van der Waals surface area contributed by atoms with Gasteiger partial charge in [-0.2, -0.15) is 5.26 Å². The molecule has 46 heavy (non-hydrogen) atoms. The number of nitrogens with one attached hydrogen (secondary N) is 1. The number of carbonyl (C=O) groups is 2. The van der Waals surface area contributed by atoms with Crippen LogP contribution in [0.25, 0.3) is 11.1 Å². The predicted molar refractivity (Wildman–Crippen MR) is 167 cm³/mol. The molecule has 11 nitrogen and oxygen atoms in total. The highest BCUT2D eigenvalue weighted by molar-refractivity contribution is 6.32. The van der Waals surface area contributed by atoms with E-state index in [-0.39, 0.29) is 24.8 Å². The van der Waals surface area contributed by atoms with Gasteiger partial charge in [0.2, 0.25) is 0 Å². The fraction of sp³-hybridized carbons (Fsp3) is 0.235. The molecule has 3 aromatic carbocycles. The van der Waals surface area contributed by atoms with Gasteiger partial charge in [-0.1, -0.05) is 35.9 Å². The van der Waals surface area contributed by atoms with E-state index in [4.69, 9.17) is 35.7 Å². The van der Waals surface area contributed by atoms with Crippen molar-refractivity contribution in [2.24, 2.45) is 0 Å². The maximum atomic E-state index is 11.6. The molecule has 0 amide bonds. The van der Waals surface area contributed by atoms with Gasteiger partial charge in [-0.15, -0.1) is 0 Å². The first-order valence-corrected chi connectivity index (χ1v) is 14.7. The van der Waals surface area contributed by atoms with Crippen LogP contribution < -0.4 is 24.3 Å². The van der Waals surface area contributed by atoms with Crippen molar-refractivity contribution in [3.8, 4) is 40.2 Å². The van der Waals surface area contributed by atoms with Gasteiger partial charge in [-0.25, -0.2) is 0 Å². The molecular weight excluding hydrogens is 614 g/mol. The third-order valence-corrected chi connectivity index (χ3v) is 7.63. The van der Waals surface area contributed by atoms with Crippen LogP contribution in [-0.4, -0.2) is 46.4 Å². The fourth-order valence-corrected chi connectivity index (χ4v) is 5.16. The summed E-state index contributed by atoms with van der Waals surface area (Å²) in [6.07, 6.45) is 2.39. The maximum absolute atomic E-state index is 11.6. The van der Waals surface area contributed by atoms with Crippen molar-refractivity contribution in [2.75, 3.05) is 13.2 Å². The van der Waals surface area contributed by atoms with E-state index in [1.54, 1.807) is 24.4 Å². The zero-order valence-electron chi connectivity index (χ0n) is 24.8. The second-order valence-corrected chi connectivity index (χ2v) is 10.9. The number of hydrogen-bond donors (Lipinski definition) is 3. The number of nitriles is 1. The number of carboxylic acids is 2. The van der Waals surface area contributed by atoms with Gasteiger partial charge in [-0.3, -0.25) is 19.9 Å². The Morgan fingerprint density at radius 1 is 1.00 bits per heavy atom. The van der Waals surface area contributed by atoms with Gasteiger partial charge >= 0.3 is 11.9 Å². The monoisotopic (exact) mass is 643 g/mol. The second kappa shape index (κ2) is 14.6. The van der Waals surface area contributed by atoms with Crippen molar-refractivity contribution in [2.45, 2.75) is 39.1 Å². The van der Waals surface area contributed by atoms with Crippen LogP contribution in [0.15, 0.2) is 67.0 Å². The highest BCUT2D eigenvalue weighted by atomic mass is 35.5. The average Bonchev–Trinajstić information content (AvgIpc) is 3.05. The molecule has 0 bridgehead atoms. The molecule has 2 heterocycles. The van der Waals surface area contributed by atoms with Gasteiger partial charge in [0.25, 0.3) is 0 Å². The summed E-state index contributed by atoms with van der Waals surface area (Å²) in [6, 6.07) is 17.3. The van der Waals surface area contributed by atoms with Crippen molar-refractivity contribution in [3.05, 3.63) is 99.8 Å². The summed E-state index contributed by atoms with van der Waals surface area (Å²) in [7, 11) is 0. The Hall–Kier alpha value is -5.31. The highest BCUT2D eigenvalue weighted by Crippen LogP contribution is 2.37. The first-order valence-electron chi connectivity index (χ1n) is 14.3. The Kier molecular flexibility index (Phi) is 10.2. The molecule has 1 aromatic heterocycles. The molecule has 0 unspecified atom stereocenters. The van der Waals surface area contributed by atoms with Gasteiger partial charge in [0.15, 0.2) is 11.5 Å². The van der Waals surface area contributed by atoms with Gasteiger partial charge < -0.3 is 29.2 Å². The van der Waals surface area contributed by atoms with E-state index in [9.17, 15) is 20.0 Å². The Morgan fingerprint density at radius 3 is 2.54 bits per heavy atom. The van der Waals surface area contributed by atoms with Crippen molar-refractivity contribution >= 4 is 23.5 Å². The Labute approximate surface area is 269 Å². The number of rotatable bonds is 13. The molecular formula is C34H30ClN3O8. The molecule has 0 fully saturated rings. The van der Waals surface area contributed by atoms with Crippen molar-refractivity contribution in [1.82, 2.24) is 10.3 Å². The minimum Gasteiger partial charge on any atom is -0.488 e. The summed E-state index contributed by atoms with van der Waals surface area (Å²) in [5.74, 6) is -0.482. The van der Waals surface area contributed by atoms with Crippen LogP contribution in [0, 0.1) is 18.3 Å². The third-order valence-electron chi connectivity index (χ3n) is 7.33. The second-order valence-electron chi connectivity index (χ2n) is 10.5. The molecule has 0 saturated heterocycles. The van der Waals surface area contributed by atoms with Gasteiger partial charge in [0.05, 0.1) is 17.0 Å². The van der Waals surface area contributed by atoms with Crippen LogP contribution in [0.4, 0.5) is 0 Å². The molecule has 4 aromatic rings. The normalized spacial score (nSPS) is 12.5. The largest absolute Gasteiger partial charge is 0.488 e. The van der Waals surface area contributed by atoms with Crippen LogP contribution in [0.1, 0.15) is 34.2 Å². The smallest absolute Gasteiger partial charge is 0.321 e. The number of pyridine rings is 1. The van der Waals surface area contributed by atoms with Crippen molar-refractivity contribution in [1.29, 1.82) is 5.26 Å². The number of benzene rings is 3. The van der Waals surface area contributed by atoms with Crippen LogP contribution in [0.3, 0.4) is 0 Å².